The summed E-state index contributed by atoms with van der Waals surface area (Å²) in [6.07, 6.45) is 10.4. The Morgan fingerprint density at radius 3 is 2.14 bits per heavy atom. The van der Waals surface area contributed by atoms with Gasteiger partial charge >= 0.3 is 0 Å². The van der Waals surface area contributed by atoms with E-state index in [0.717, 1.165) is 0 Å². The van der Waals surface area contributed by atoms with Crippen LogP contribution in [0.4, 0.5) is 0 Å². The lowest BCUT2D eigenvalue weighted by atomic mass is 9.98. The third-order valence-electron chi connectivity index (χ3n) is 3.78. The normalized spacial score (nSPS) is 26.5. The summed E-state index contributed by atoms with van der Waals surface area (Å²) in [6, 6.07) is 3.24. The molecule has 2 aliphatic carbocycles. The van der Waals surface area contributed by atoms with Gasteiger partial charge in [-0.2, -0.15) is 5.26 Å². The maximum absolute atomic E-state index is 9.13. The fraction of sp³-hybridized carbons (Fsp3) is 0.917. The van der Waals surface area contributed by atoms with Crippen LogP contribution >= 0.6 is 0 Å². The highest BCUT2D eigenvalue weighted by molar-refractivity contribution is 4.98. The van der Waals surface area contributed by atoms with E-state index >= 15 is 0 Å². The summed E-state index contributed by atoms with van der Waals surface area (Å²) in [5, 5.41) is 12.7. The first-order chi connectivity index (χ1) is 6.90. The van der Waals surface area contributed by atoms with E-state index in [-0.39, 0.29) is 6.04 Å². The quantitative estimate of drug-likeness (QED) is 0.746. The van der Waals surface area contributed by atoms with E-state index < -0.39 is 0 Å². The zero-order valence-electron chi connectivity index (χ0n) is 8.84. The fourth-order valence-corrected chi connectivity index (χ4v) is 2.92. The second kappa shape index (κ2) is 4.79. The maximum Gasteiger partial charge on any atom is 0.0983 e. The first kappa shape index (κ1) is 9.98. The van der Waals surface area contributed by atoms with Crippen LogP contribution in [0.5, 0.6) is 0 Å². The summed E-state index contributed by atoms with van der Waals surface area (Å²) in [4.78, 5) is 0. The topological polar surface area (TPSA) is 35.8 Å². The number of hydrogen-bond donors (Lipinski definition) is 1. The molecule has 1 N–H and O–H groups in total. The average molecular weight is 192 g/mol. The Morgan fingerprint density at radius 1 is 1.00 bits per heavy atom. The molecule has 0 heterocycles. The third-order valence-corrected chi connectivity index (χ3v) is 3.78. The van der Waals surface area contributed by atoms with Gasteiger partial charge < -0.3 is 0 Å². The highest BCUT2D eigenvalue weighted by atomic mass is 15.0. The first-order valence-electron chi connectivity index (χ1n) is 6.06. The van der Waals surface area contributed by atoms with Crippen LogP contribution in [-0.4, -0.2) is 12.1 Å². The van der Waals surface area contributed by atoms with Crippen LogP contribution in [0.2, 0.25) is 0 Å². The van der Waals surface area contributed by atoms with Crippen LogP contribution in [0.25, 0.3) is 0 Å². The zero-order chi connectivity index (χ0) is 9.80. The number of hydrogen-bond acceptors (Lipinski definition) is 2. The Labute approximate surface area is 86.7 Å². The predicted molar refractivity (Wildman–Crippen MR) is 56.8 cm³/mol. The Hall–Kier alpha value is -0.550. The van der Waals surface area contributed by atoms with Gasteiger partial charge in [0.05, 0.1) is 12.1 Å². The van der Waals surface area contributed by atoms with Crippen LogP contribution in [0.3, 0.4) is 0 Å². The van der Waals surface area contributed by atoms with Crippen LogP contribution in [0.1, 0.15) is 51.4 Å². The summed E-state index contributed by atoms with van der Waals surface area (Å²) in [7, 11) is 0. The van der Waals surface area contributed by atoms with Crippen molar-refractivity contribution in [1.29, 1.82) is 5.26 Å². The molecule has 78 valence electrons. The highest BCUT2D eigenvalue weighted by Crippen LogP contribution is 2.29. The molecule has 2 saturated carbocycles. The molecule has 14 heavy (non-hydrogen) atoms. The second-order valence-electron chi connectivity index (χ2n) is 4.80. The van der Waals surface area contributed by atoms with Gasteiger partial charge in [0.1, 0.15) is 0 Å². The summed E-state index contributed by atoms with van der Waals surface area (Å²) < 4.78 is 0. The summed E-state index contributed by atoms with van der Waals surface area (Å²) in [5.41, 5.74) is 0. The summed E-state index contributed by atoms with van der Waals surface area (Å²) in [5.74, 6) is 0.639. The number of rotatable bonds is 3. The minimum atomic E-state index is 0.139. The van der Waals surface area contributed by atoms with Gasteiger partial charge in [0.2, 0.25) is 0 Å². The van der Waals surface area contributed by atoms with Crippen molar-refractivity contribution in [2.75, 3.05) is 0 Å². The molecule has 1 atom stereocenters. The van der Waals surface area contributed by atoms with Crippen molar-refractivity contribution < 1.29 is 0 Å². The molecule has 0 saturated heterocycles. The van der Waals surface area contributed by atoms with Crippen LogP contribution in [-0.2, 0) is 0 Å². The van der Waals surface area contributed by atoms with Gasteiger partial charge in [-0.05, 0) is 31.6 Å². The van der Waals surface area contributed by atoms with E-state index in [2.05, 4.69) is 11.4 Å². The van der Waals surface area contributed by atoms with Gasteiger partial charge in [-0.15, -0.1) is 0 Å². The maximum atomic E-state index is 9.13. The van der Waals surface area contributed by atoms with Gasteiger partial charge in [-0.1, -0.05) is 25.7 Å². The van der Waals surface area contributed by atoms with Crippen LogP contribution in [0.15, 0.2) is 0 Å². The predicted octanol–water partition coefficient (Wildman–Crippen LogP) is 2.60. The molecular formula is C12H20N2. The second-order valence-corrected chi connectivity index (χ2v) is 4.80. The van der Waals surface area contributed by atoms with Crippen LogP contribution in [0, 0.1) is 17.2 Å². The Kier molecular flexibility index (Phi) is 3.42. The fourth-order valence-electron chi connectivity index (χ4n) is 2.92. The van der Waals surface area contributed by atoms with Crippen molar-refractivity contribution in [2.45, 2.75) is 63.5 Å². The molecule has 1 unspecified atom stereocenters. The molecule has 2 aliphatic rings. The standard InChI is InChI=1S/C12H20N2/c13-9-12(10-5-1-2-6-10)14-11-7-3-4-8-11/h10-12,14H,1-8H2. The molecular weight excluding hydrogens is 172 g/mol. The van der Waals surface area contributed by atoms with E-state index in [1.54, 1.807) is 0 Å². The van der Waals surface area contributed by atoms with Crippen molar-refractivity contribution >= 4 is 0 Å². The minimum Gasteiger partial charge on any atom is -0.299 e. The van der Waals surface area contributed by atoms with Crippen molar-refractivity contribution in [3.8, 4) is 6.07 Å². The average Bonchev–Trinajstić information content (AvgIpc) is 2.86. The minimum absolute atomic E-state index is 0.139. The number of nitrogens with one attached hydrogen (secondary N) is 1. The first-order valence-corrected chi connectivity index (χ1v) is 6.06. The number of nitrogens with zero attached hydrogens (tertiary/aromatic N) is 1. The molecule has 0 bridgehead atoms. The molecule has 2 nitrogen and oxygen atoms in total. The van der Waals surface area contributed by atoms with Gasteiger partial charge in [0.25, 0.3) is 0 Å². The Bertz CT molecular complexity index is 207. The highest BCUT2D eigenvalue weighted by Gasteiger charge is 2.27. The lowest BCUT2D eigenvalue weighted by Crippen LogP contribution is -2.40. The SMILES string of the molecule is N#CC(NC1CCCC1)C1CCCC1. The molecule has 0 aromatic carbocycles. The van der Waals surface area contributed by atoms with E-state index in [9.17, 15) is 0 Å². The number of nitriles is 1. The van der Waals surface area contributed by atoms with Crippen molar-refractivity contribution in [3.63, 3.8) is 0 Å². The molecule has 0 aromatic rings. The Morgan fingerprint density at radius 2 is 1.57 bits per heavy atom. The van der Waals surface area contributed by atoms with E-state index in [4.69, 9.17) is 5.26 Å². The van der Waals surface area contributed by atoms with Crippen molar-refractivity contribution in [2.24, 2.45) is 5.92 Å². The van der Waals surface area contributed by atoms with Gasteiger partial charge in [-0.3, -0.25) is 5.32 Å². The molecule has 0 spiro atoms. The molecule has 0 radical (unpaired) electrons. The van der Waals surface area contributed by atoms with Gasteiger partial charge in [0, 0.05) is 6.04 Å². The van der Waals surface area contributed by atoms with E-state index in [1.165, 1.54) is 51.4 Å². The lowest BCUT2D eigenvalue weighted by molar-refractivity contribution is 0.376. The summed E-state index contributed by atoms with van der Waals surface area (Å²) in [6.45, 7) is 0. The van der Waals surface area contributed by atoms with Gasteiger partial charge in [0.15, 0.2) is 0 Å². The molecule has 2 fully saturated rings. The lowest BCUT2D eigenvalue weighted by Gasteiger charge is -2.21. The van der Waals surface area contributed by atoms with Crippen LogP contribution < -0.4 is 5.32 Å². The Balaban J connectivity index is 1.83. The third kappa shape index (κ3) is 2.27. The largest absolute Gasteiger partial charge is 0.299 e. The van der Waals surface area contributed by atoms with E-state index in [1.807, 2.05) is 0 Å². The molecule has 0 aliphatic heterocycles. The van der Waals surface area contributed by atoms with Crippen molar-refractivity contribution in [3.05, 3.63) is 0 Å². The summed E-state index contributed by atoms with van der Waals surface area (Å²) >= 11 is 0. The molecule has 2 rings (SSSR count). The monoisotopic (exact) mass is 192 g/mol. The smallest absolute Gasteiger partial charge is 0.0983 e. The van der Waals surface area contributed by atoms with Crippen molar-refractivity contribution in [1.82, 2.24) is 5.32 Å². The molecule has 0 aromatic heterocycles. The molecule has 2 heteroatoms. The molecule has 0 amide bonds. The van der Waals surface area contributed by atoms with Gasteiger partial charge in [-0.25, -0.2) is 0 Å². The van der Waals surface area contributed by atoms with E-state index in [0.29, 0.717) is 12.0 Å². The zero-order valence-corrected chi connectivity index (χ0v) is 8.84.